The van der Waals surface area contributed by atoms with Gasteiger partial charge in [-0.1, -0.05) is 0 Å². The van der Waals surface area contributed by atoms with Crippen LogP contribution in [-0.4, -0.2) is 141 Å². The second kappa shape index (κ2) is 17.8. The number of piperidine rings is 2. The number of piperazine rings is 1. The molecule has 0 bridgehead atoms. The lowest BCUT2D eigenvalue weighted by atomic mass is 9.89. The molecule has 0 radical (unpaired) electrons. The second-order valence-corrected chi connectivity index (χ2v) is 15.5. The fourth-order valence-electron chi connectivity index (χ4n) is 8.31. The Hall–Kier alpha value is -5.89. The number of ether oxygens (including phenoxy) is 1. The molecule has 5 amide bonds. The van der Waals surface area contributed by atoms with E-state index in [1.54, 1.807) is 22.1 Å². The lowest BCUT2D eigenvalue weighted by Gasteiger charge is -2.35. The fraction of sp³-hybridized carbons (Fsp3) is 0.500. The van der Waals surface area contributed by atoms with Gasteiger partial charge in [-0.3, -0.25) is 38.9 Å². The first-order valence-electron chi connectivity index (χ1n) is 20.3. The Morgan fingerprint density at radius 2 is 1.72 bits per heavy atom. The van der Waals surface area contributed by atoms with E-state index in [2.05, 4.69) is 30.7 Å². The summed E-state index contributed by atoms with van der Waals surface area (Å²) in [5, 5.41) is 13.2. The Labute approximate surface area is 342 Å². The maximum absolute atomic E-state index is 14.7. The van der Waals surface area contributed by atoms with Crippen LogP contribution < -0.4 is 15.5 Å². The molecule has 1 atom stereocenters. The van der Waals surface area contributed by atoms with Crippen LogP contribution in [0.5, 0.6) is 0 Å². The van der Waals surface area contributed by atoms with Crippen molar-refractivity contribution in [2.75, 3.05) is 82.3 Å². The van der Waals surface area contributed by atoms with Gasteiger partial charge in [-0.15, -0.1) is 0 Å². The van der Waals surface area contributed by atoms with Crippen molar-refractivity contribution in [3.05, 3.63) is 71.1 Å². The number of carbonyl (C=O) groups excluding carboxylic acids is 5. The molecule has 8 rings (SSSR count). The molecule has 1 unspecified atom stereocenters. The summed E-state index contributed by atoms with van der Waals surface area (Å²) in [6.45, 7) is 6.06. The van der Waals surface area contributed by atoms with Crippen LogP contribution in [0.2, 0.25) is 0 Å². The zero-order chi connectivity index (χ0) is 41.9. The van der Waals surface area contributed by atoms with E-state index in [1.807, 2.05) is 4.90 Å². The molecular formula is C40H46F3N11O6. The van der Waals surface area contributed by atoms with Gasteiger partial charge in [-0.2, -0.15) is 10.2 Å². The zero-order valence-electron chi connectivity index (χ0n) is 32.9. The molecule has 2 N–H and O–H groups in total. The molecule has 4 fully saturated rings. The van der Waals surface area contributed by atoms with E-state index in [9.17, 15) is 37.1 Å². The van der Waals surface area contributed by atoms with Crippen molar-refractivity contribution in [2.24, 2.45) is 0 Å². The predicted octanol–water partition coefficient (Wildman–Crippen LogP) is 3.01. The van der Waals surface area contributed by atoms with Crippen LogP contribution in [0.1, 0.15) is 88.9 Å². The summed E-state index contributed by atoms with van der Waals surface area (Å²) in [6, 6.07) is 5.56. The molecule has 0 saturated carbocycles. The van der Waals surface area contributed by atoms with E-state index in [1.165, 1.54) is 39.8 Å². The number of benzene rings is 1. The molecule has 0 spiro atoms. The number of amides is 5. The third kappa shape index (κ3) is 8.84. The van der Waals surface area contributed by atoms with Crippen LogP contribution in [0.15, 0.2) is 42.9 Å². The largest absolute Gasteiger partial charge is 0.378 e. The van der Waals surface area contributed by atoms with Crippen molar-refractivity contribution in [3.63, 3.8) is 0 Å². The summed E-state index contributed by atoms with van der Waals surface area (Å²) in [7, 11) is 0. The van der Waals surface area contributed by atoms with Gasteiger partial charge in [-0.25, -0.2) is 22.7 Å². The first-order chi connectivity index (χ1) is 29.0. The third-order valence-electron chi connectivity index (χ3n) is 11.7. The van der Waals surface area contributed by atoms with Crippen LogP contribution in [0.3, 0.4) is 0 Å². The molecule has 4 aromatic rings. The van der Waals surface area contributed by atoms with Gasteiger partial charge < -0.3 is 24.8 Å². The lowest BCUT2D eigenvalue weighted by Crippen LogP contribution is -2.49. The highest BCUT2D eigenvalue weighted by Gasteiger charge is 2.32. The summed E-state index contributed by atoms with van der Waals surface area (Å²) in [6.07, 6.45) is 3.78. The quantitative estimate of drug-likeness (QED) is 0.212. The number of alkyl halides is 2. The average Bonchev–Trinajstić information content (AvgIpc) is 3.89. The number of aromatic nitrogens is 5. The van der Waals surface area contributed by atoms with Crippen molar-refractivity contribution in [3.8, 4) is 0 Å². The molecule has 3 aromatic heterocycles. The Bertz CT molecular complexity index is 2260. The maximum atomic E-state index is 14.7. The number of likely N-dealkylation sites (tertiary alicyclic amines) is 1. The first-order valence-corrected chi connectivity index (χ1v) is 20.3. The van der Waals surface area contributed by atoms with Gasteiger partial charge in [0.15, 0.2) is 11.3 Å². The fourth-order valence-corrected chi connectivity index (χ4v) is 8.31. The van der Waals surface area contributed by atoms with Crippen molar-refractivity contribution in [1.29, 1.82) is 0 Å². The summed E-state index contributed by atoms with van der Waals surface area (Å²) in [4.78, 5) is 76.1. The van der Waals surface area contributed by atoms with Crippen molar-refractivity contribution < 1.29 is 41.9 Å². The van der Waals surface area contributed by atoms with E-state index < -0.39 is 41.6 Å². The Morgan fingerprint density at radius 1 is 0.950 bits per heavy atom. The minimum atomic E-state index is -2.93. The molecule has 17 nitrogen and oxygen atoms in total. The highest BCUT2D eigenvalue weighted by Crippen LogP contribution is 2.32. The normalized spacial score (nSPS) is 19.6. The van der Waals surface area contributed by atoms with Crippen molar-refractivity contribution >= 4 is 46.7 Å². The number of anilines is 2. The number of nitrogens with one attached hydrogen (secondary N) is 2. The molecule has 60 heavy (non-hydrogen) atoms. The molecule has 20 heteroatoms. The number of carbonyl (C=O) groups is 5. The monoisotopic (exact) mass is 833 g/mol. The second-order valence-electron chi connectivity index (χ2n) is 15.5. The highest BCUT2D eigenvalue weighted by atomic mass is 19.3. The number of nitrogens with zero attached hydrogens (tertiary/aromatic N) is 9. The average molecular weight is 834 g/mol. The lowest BCUT2D eigenvalue weighted by molar-refractivity contribution is -0.134. The minimum absolute atomic E-state index is 0.00543. The molecule has 4 aliphatic rings. The van der Waals surface area contributed by atoms with Gasteiger partial charge >= 0.3 is 0 Å². The van der Waals surface area contributed by atoms with Gasteiger partial charge in [0.1, 0.15) is 17.2 Å². The van der Waals surface area contributed by atoms with Crippen LogP contribution >= 0.6 is 0 Å². The van der Waals surface area contributed by atoms with E-state index >= 15 is 0 Å². The smallest absolute Gasteiger partial charge is 0.284 e. The number of morpholine rings is 1. The maximum Gasteiger partial charge on any atom is 0.284 e. The first kappa shape index (κ1) is 40.9. The molecule has 1 aromatic carbocycles. The van der Waals surface area contributed by atoms with Crippen LogP contribution in [0, 0.1) is 5.82 Å². The predicted molar refractivity (Wildman–Crippen MR) is 209 cm³/mol. The van der Waals surface area contributed by atoms with Crippen LogP contribution in [0.25, 0.3) is 5.65 Å². The van der Waals surface area contributed by atoms with Gasteiger partial charge in [0, 0.05) is 88.7 Å². The Kier molecular flexibility index (Phi) is 12.1. The van der Waals surface area contributed by atoms with Crippen molar-refractivity contribution in [1.82, 2.24) is 44.4 Å². The third-order valence-corrected chi connectivity index (χ3v) is 11.7. The number of hydrogen-bond acceptors (Lipinski definition) is 11. The van der Waals surface area contributed by atoms with Crippen LogP contribution in [-0.2, 0) is 19.1 Å². The molecular weight excluding hydrogens is 788 g/mol. The Balaban J connectivity index is 0.791. The summed E-state index contributed by atoms with van der Waals surface area (Å²) < 4.78 is 51.4. The van der Waals surface area contributed by atoms with E-state index in [-0.39, 0.29) is 53.1 Å². The number of halogens is 3. The van der Waals surface area contributed by atoms with Crippen LogP contribution in [0.4, 0.5) is 24.7 Å². The standard InChI is InChI=1S/C40H46F3N11O6/c41-30-5-3-25(22-28(30)27-4-6-33(55)47-38(27)57)40(59)52-16-14-49(15-17-52)10-1-2-34(56)51-11-7-26(8-12-51)54-24-31(35(48-54)36(42)43)45-39(58)29-23-44-53-13-9-32(46-37(29)53)50-18-20-60-21-19-50/h3,5,9,13,22-24,26-27,36H,1-2,4,6-8,10-12,14-21H2,(H,45,58)(H,47,55,57). The summed E-state index contributed by atoms with van der Waals surface area (Å²) in [5.41, 5.74) is 0.170. The number of hydrogen-bond donors (Lipinski definition) is 2. The topological polar surface area (TPSA) is 180 Å². The molecule has 4 saturated heterocycles. The van der Waals surface area contributed by atoms with Gasteiger partial charge in [0.05, 0.1) is 37.1 Å². The van der Waals surface area contributed by atoms with Crippen molar-refractivity contribution in [2.45, 2.75) is 56.9 Å². The number of imide groups is 1. The molecule has 7 heterocycles. The number of fused-ring (bicyclic) bond motifs is 1. The number of rotatable bonds is 11. The Morgan fingerprint density at radius 3 is 2.45 bits per heavy atom. The van der Waals surface area contributed by atoms with E-state index in [0.29, 0.717) is 109 Å². The molecule has 0 aliphatic carbocycles. The summed E-state index contributed by atoms with van der Waals surface area (Å²) in [5.74, 6) is -2.63. The van der Waals surface area contributed by atoms with Gasteiger partial charge in [0.25, 0.3) is 18.2 Å². The SMILES string of the molecule is O=C1CCC(c2cc(C(=O)N3CCN(CCCC(=O)N4CCC(n5cc(NC(=O)c6cnn7ccc(N8CCOCC8)nc67)c(C(F)F)n5)CC4)CC3)ccc2F)C(=O)N1. The molecule has 318 valence electrons. The highest BCUT2D eigenvalue weighted by molar-refractivity contribution is 6.08. The zero-order valence-corrected chi connectivity index (χ0v) is 32.9. The van der Waals surface area contributed by atoms with E-state index in [0.717, 1.165) is 0 Å². The van der Waals surface area contributed by atoms with Gasteiger partial charge in [-0.05, 0) is 56.5 Å². The molecule has 4 aliphatic heterocycles. The van der Waals surface area contributed by atoms with Gasteiger partial charge in [0.2, 0.25) is 17.7 Å². The van der Waals surface area contributed by atoms with E-state index in [4.69, 9.17) is 4.74 Å². The summed E-state index contributed by atoms with van der Waals surface area (Å²) >= 11 is 0. The minimum Gasteiger partial charge on any atom is -0.378 e.